The zero-order valence-corrected chi connectivity index (χ0v) is 18.9. The van der Waals surface area contributed by atoms with Crippen molar-refractivity contribution in [2.24, 2.45) is 0 Å². The second-order valence-electron chi connectivity index (χ2n) is 7.81. The summed E-state index contributed by atoms with van der Waals surface area (Å²) in [5.41, 5.74) is 4.27. The molecule has 7 heteroatoms. The van der Waals surface area contributed by atoms with Crippen LogP contribution in [0.1, 0.15) is 22.3 Å². The summed E-state index contributed by atoms with van der Waals surface area (Å²) < 4.78 is 28.3. The van der Waals surface area contributed by atoms with Crippen LogP contribution in [0, 0.1) is 13.8 Å². The van der Waals surface area contributed by atoms with Gasteiger partial charge in [0.1, 0.15) is 6.04 Å². The molecule has 1 atom stereocenters. The number of halogens is 1. The van der Waals surface area contributed by atoms with Crippen molar-refractivity contribution in [1.29, 1.82) is 0 Å². The number of hydrogen-bond acceptors (Lipinski definition) is 3. The van der Waals surface area contributed by atoms with E-state index in [1.807, 2.05) is 44.2 Å². The third-order valence-corrected chi connectivity index (χ3v) is 7.85. The molecule has 0 radical (unpaired) electrons. The molecular formula is C24H23ClN2O3S. The summed E-state index contributed by atoms with van der Waals surface area (Å²) in [6.45, 7) is 3.91. The molecule has 0 aliphatic carbocycles. The van der Waals surface area contributed by atoms with Gasteiger partial charge in [-0.2, -0.15) is 4.31 Å². The number of nitrogens with zero attached hydrogens (tertiary/aromatic N) is 1. The van der Waals surface area contributed by atoms with E-state index >= 15 is 0 Å². The predicted octanol–water partition coefficient (Wildman–Crippen LogP) is 4.71. The van der Waals surface area contributed by atoms with Crippen molar-refractivity contribution < 1.29 is 13.2 Å². The maximum Gasteiger partial charge on any atom is 0.244 e. The Morgan fingerprint density at radius 1 is 1.00 bits per heavy atom. The van der Waals surface area contributed by atoms with Gasteiger partial charge in [0.25, 0.3) is 0 Å². The van der Waals surface area contributed by atoms with Gasteiger partial charge in [0, 0.05) is 17.3 Å². The second kappa shape index (κ2) is 8.46. The fourth-order valence-electron chi connectivity index (χ4n) is 3.72. The highest BCUT2D eigenvalue weighted by Crippen LogP contribution is 2.30. The van der Waals surface area contributed by atoms with Crippen molar-refractivity contribution in [3.05, 3.63) is 94.0 Å². The van der Waals surface area contributed by atoms with Gasteiger partial charge in [-0.25, -0.2) is 8.42 Å². The largest absolute Gasteiger partial charge is 0.325 e. The topological polar surface area (TPSA) is 66.5 Å². The van der Waals surface area contributed by atoms with Crippen molar-refractivity contribution in [1.82, 2.24) is 4.31 Å². The number of anilines is 1. The Kier molecular flexibility index (Phi) is 5.88. The number of hydrogen-bond donors (Lipinski definition) is 1. The Balaban J connectivity index is 1.71. The van der Waals surface area contributed by atoms with Crippen molar-refractivity contribution in [3.8, 4) is 0 Å². The number of aryl methyl sites for hydroxylation is 2. The van der Waals surface area contributed by atoms with Gasteiger partial charge in [0.2, 0.25) is 15.9 Å². The van der Waals surface area contributed by atoms with Crippen molar-refractivity contribution in [2.45, 2.75) is 37.8 Å². The molecule has 31 heavy (non-hydrogen) atoms. The summed E-state index contributed by atoms with van der Waals surface area (Å²) in [4.78, 5) is 13.4. The van der Waals surface area contributed by atoms with Crippen LogP contribution in [0.5, 0.6) is 0 Å². The lowest BCUT2D eigenvalue weighted by Gasteiger charge is -2.35. The Morgan fingerprint density at radius 3 is 2.35 bits per heavy atom. The number of amides is 1. The number of nitrogens with one attached hydrogen (secondary N) is 1. The lowest BCUT2D eigenvalue weighted by Crippen LogP contribution is -2.50. The SMILES string of the molecule is Cc1ccc(S(=O)(=O)N2Cc3ccccc3C[C@H]2C(=O)Nc2ccc(C)c(Cl)c2)cc1. The van der Waals surface area contributed by atoms with Gasteiger partial charge in [-0.3, -0.25) is 4.79 Å². The molecule has 1 aliphatic heterocycles. The highest BCUT2D eigenvalue weighted by molar-refractivity contribution is 7.89. The maximum atomic E-state index is 13.5. The third-order valence-electron chi connectivity index (χ3n) is 5.58. The summed E-state index contributed by atoms with van der Waals surface area (Å²) >= 11 is 6.19. The Morgan fingerprint density at radius 2 is 1.68 bits per heavy atom. The van der Waals surface area contributed by atoms with Gasteiger partial charge in [-0.1, -0.05) is 59.6 Å². The number of carbonyl (C=O) groups is 1. The third kappa shape index (κ3) is 4.37. The molecule has 1 N–H and O–H groups in total. The van der Waals surface area contributed by atoms with Crippen LogP contribution in [0.3, 0.4) is 0 Å². The summed E-state index contributed by atoms with van der Waals surface area (Å²) in [5, 5.41) is 3.38. The van der Waals surface area contributed by atoms with Gasteiger partial charge in [-0.15, -0.1) is 0 Å². The van der Waals surface area contributed by atoms with E-state index in [0.717, 1.165) is 22.3 Å². The number of fused-ring (bicyclic) bond motifs is 1. The molecular weight excluding hydrogens is 432 g/mol. The fourth-order valence-corrected chi connectivity index (χ4v) is 5.46. The monoisotopic (exact) mass is 454 g/mol. The molecule has 1 aliphatic rings. The van der Waals surface area contributed by atoms with Crippen LogP contribution < -0.4 is 5.32 Å². The fraction of sp³-hybridized carbons (Fsp3) is 0.208. The van der Waals surface area contributed by atoms with Gasteiger partial charge < -0.3 is 5.32 Å². The molecule has 160 valence electrons. The summed E-state index contributed by atoms with van der Waals surface area (Å²) in [6.07, 6.45) is 0.298. The molecule has 0 unspecified atom stereocenters. The summed E-state index contributed by atoms with van der Waals surface area (Å²) in [5.74, 6) is -0.384. The number of rotatable bonds is 4. The van der Waals surface area contributed by atoms with E-state index in [9.17, 15) is 13.2 Å². The first kappa shape index (κ1) is 21.6. The van der Waals surface area contributed by atoms with Crippen LogP contribution in [0.15, 0.2) is 71.6 Å². The molecule has 0 aromatic heterocycles. The number of benzene rings is 3. The minimum absolute atomic E-state index is 0.138. The Hall–Kier alpha value is -2.67. The number of sulfonamides is 1. The lowest BCUT2D eigenvalue weighted by molar-refractivity contribution is -0.120. The second-order valence-corrected chi connectivity index (χ2v) is 10.1. The predicted molar refractivity (Wildman–Crippen MR) is 123 cm³/mol. The molecule has 0 spiro atoms. The van der Waals surface area contributed by atoms with Crippen LogP contribution in [0.2, 0.25) is 5.02 Å². The molecule has 0 saturated heterocycles. The molecule has 3 aromatic rings. The molecule has 3 aromatic carbocycles. The Bertz CT molecular complexity index is 1240. The highest BCUT2D eigenvalue weighted by atomic mass is 35.5. The van der Waals surface area contributed by atoms with E-state index in [1.54, 1.807) is 36.4 Å². The molecule has 1 heterocycles. The van der Waals surface area contributed by atoms with Crippen LogP contribution in [-0.2, 0) is 27.8 Å². The van der Waals surface area contributed by atoms with Crippen LogP contribution in [0.25, 0.3) is 0 Å². The van der Waals surface area contributed by atoms with E-state index in [4.69, 9.17) is 11.6 Å². The van der Waals surface area contributed by atoms with E-state index in [2.05, 4.69) is 5.32 Å². The Labute approximate surface area is 187 Å². The highest BCUT2D eigenvalue weighted by Gasteiger charge is 2.39. The minimum Gasteiger partial charge on any atom is -0.325 e. The first-order chi connectivity index (χ1) is 14.8. The summed E-state index contributed by atoms with van der Waals surface area (Å²) in [6, 6.07) is 18.7. The molecule has 1 amide bonds. The van der Waals surface area contributed by atoms with Crippen LogP contribution in [-0.4, -0.2) is 24.7 Å². The zero-order valence-electron chi connectivity index (χ0n) is 17.3. The van der Waals surface area contributed by atoms with Crippen molar-refractivity contribution >= 4 is 33.2 Å². The van der Waals surface area contributed by atoms with E-state index in [-0.39, 0.29) is 17.3 Å². The maximum absolute atomic E-state index is 13.5. The quantitative estimate of drug-likeness (QED) is 0.620. The van der Waals surface area contributed by atoms with Gasteiger partial charge in [0.15, 0.2) is 0 Å². The molecule has 0 bridgehead atoms. The number of carbonyl (C=O) groups excluding carboxylic acids is 1. The average molecular weight is 455 g/mol. The summed E-state index contributed by atoms with van der Waals surface area (Å²) in [7, 11) is -3.88. The van der Waals surface area contributed by atoms with Gasteiger partial charge >= 0.3 is 0 Å². The average Bonchev–Trinajstić information content (AvgIpc) is 2.75. The van der Waals surface area contributed by atoms with E-state index in [0.29, 0.717) is 17.1 Å². The first-order valence-corrected chi connectivity index (χ1v) is 11.8. The van der Waals surface area contributed by atoms with E-state index < -0.39 is 16.1 Å². The first-order valence-electron chi connectivity index (χ1n) is 9.98. The normalized spacial score (nSPS) is 16.5. The lowest BCUT2D eigenvalue weighted by atomic mass is 9.95. The zero-order chi connectivity index (χ0) is 22.2. The molecule has 0 saturated carbocycles. The molecule has 0 fully saturated rings. The van der Waals surface area contributed by atoms with Crippen molar-refractivity contribution in [2.75, 3.05) is 5.32 Å². The van der Waals surface area contributed by atoms with Crippen LogP contribution >= 0.6 is 11.6 Å². The van der Waals surface area contributed by atoms with Gasteiger partial charge in [0.05, 0.1) is 4.90 Å². The van der Waals surface area contributed by atoms with Crippen LogP contribution in [0.4, 0.5) is 5.69 Å². The standard InChI is InChI=1S/C24H23ClN2O3S/c1-16-7-11-21(12-8-16)31(29,30)27-15-19-6-4-3-5-18(19)13-23(27)24(28)26-20-10-9-17(2)22(25)14-20/h3-12,14,23H,13,15H2,1-2H3,(H,26,28)/t23-/m0/s1. The molecule has 5 nitrogen and oxygen atoms in total. The smallest absolute Gasteiger partial charge is 0.244 e. The minimum atomic E-state index is -3.88. The molecule has 4 rings (SSSR count). The van der Waals surface area contributed by atoms with Crippen molar-refractivity contribution in [3.63, 3.8) is 0 Å². The van der Waals surface area contributed by atoms with E-state index in [1.165, 1.54) is 4.31 Å². The van der Waals surface area contributed by atoms with Gasteiger partial charge in [-0.05, 0) is 61.2 Å².